The molecule has 2 N–H and O–H groups in total. The lowest BCUT2D eigenvalue weighted by molar-refractivity contribution is -0.171. The second kappa shape index (κ2) is 9.85. The number of amides is 4. The van der Waals surface area contributed by atoms with Gasteiger partial charge in [-0.25, -0.2) is 9.59 Å². The number of alkyl carbamates (subject to hydrolysis) is 1. The number of carbonyl (C=O) groups is 4. The van der Waals surface area contributed by atoms with Gasteiger partial charge in [-0.3, -0.25) is 9.59 Å². The number of unbranched alkanes of at least 4 members (excludes halogenated alkanes) is 3. The van der Waals surface area contributed by atoms with Crippen molar-refractivity contribution in [1.82, 2.24) is 15.7 Å². The minimum absolute atomic E-state index is 0.0729. The van der Waals surface area contributed by atoms with Crippen molar-refractivity contribution < 1.29 is 28.8 Å². The van der Waals surface area contributed by atoms with Crippen molar-refractivity contribution >= 4 is 24.0 Å². The average molecular weight is 357 g/mol. The Kier molecular flexibility index (Phi) is 8.17. The molecule has 0 aromatic rings. The first-order valence-electron chi connectivity index (χ1n) is 8.47. The molecule has 0 aromatic carbocycles. The highest BCUT2D eigenvalue weighted by Gasteiger charge is 2.32. The topological polar surface area (TPSA) is 114 Å². The molecule has 0 bridgehead atoms. The predicted molar refractivity (Wildman–Crippen MR) is 88.3 cm³/mol. The number of ether oxygens (including phenoxy) is 1. The Bertz CT molecular complexity index is 485. The van der Waals surface area contributed by atoms with Crippen LogP contribution >= 0.6 is 0 Å². The van der Waals surface area contributed by atoms with Crippen LogP contribution in [0.4, 0.5) is 9.59 Å². The average Bonchev–Trinajstić information content (AvgIpc) is 2.80. The van der Waals surface area contributed by atoms with Crippen molar-refractivity contribution in [2.45, 2.75) is 64.9 Å². The summed E-state index contributed by atoms with van der Waals surface area (Å²) in [6.45, 7) is 6.33. The Labute approximate surface area is 147 Å². The molecule has 0 atom stereocenters. The van der Waals surface area contributed by atoms with Gasteiger partial charge in [0.05, 0.1) is 0 Å². The Hall–Kier alpha value is -2.32. The third-order valence-corrected chi connectivity index (χ3v) is 3.22. The zero-order valence-electron chi connectivity index (χ0n) is 15.1. The fourth-order valence-electron chi connectivity index (χ4n) is 2.07. The molecule has 0 spiro atoms. The van der Waals surface area contributed by atoms with Gasteiger partial charge in [-0.1, -0.05) is 12.8 Å². The van der Waals surface area contributed by atoms with Gasteiger partial charge < -0.3 is 20.2 Å². The molecule has 1 aliphatic heterocycles. The Morgan fingerprint density at radius 1 is 0.920 bits per heavy atom. The second-order valence-corrected chi connectivity index (χ2v) is 6.73. The van der Waals surface area contributed by atoms with Crippen molar-refractivity contribution in [2.24, 2.45) is 0 Å². The summed E-state index contributed by atoms with van der Waals surface area (Å²) in [7, 11) is 0. The molecule has 0 aromatic heterocycles. The first kappa shape index (κ1) is 20.7. The molecule has 0 unspecified atom stereocenters. The summed E-state index contributed by atoms with van der Waals surface area (Å²) < 4.78 is 5.12. The van der Waals surface area contributed by atoms with Crippen molar-refractivity contribution in [3.05, 3.63) is 0 Å². The van der Waals surface area contributed by atoms with Gasteiger partial charge in [0.15, 0.2) is 0 Å². The molecule has 1 saturated heterocycles. The summed E-state index contributed by atoms with van der Waals surface area (Å²) in [5.74, 6) is -1.00. The quantitative estimate of drug-likeness (QED) is 0.506. The fourth-order valence-corrected chi connectivity index (χ4v) is 2.07. The highest BCUT2D eigenvalue weighted by molar-refractivity contribution is 6.01. The van der Waals surface area contributed by atoms with Gasteiger partial charge >= 0.3 is 12.2 Å². The smallest absolute Gasteiger partial charge is 0.432 e. The van der Waals surface area contributed by atoms with E-state index in [1.54, 1.807) is 20.8 Å². The van der Waals surface area contributed by atoms with Crippen LogP contribution < -0.4 is 10.6 Å². The van der Waals surface area contributed by atoms with Crippen LogP contribution in [0.25, 0.3) is 0 Å². The molecule has 142 valence electrons. The Balaban J connectivity index is 1.98. The van der Waals surface area contributed by atoms with Crippen molar-refractivity contribution in [3.63, 3.8) is 0 Å². The molecule has 9 heteroatoms. The summed E-state index contributed by atoms with van der Waals surface area (Å²) in [5, 5.41) is 5.68. The first-order chi connectivity index (χ1) is 11.7. The van der Waals surface area contributed by atoms with Crippen LogP contribution in [0.3, 0.4) is 0 Å². The van der Waals surface area contributed by atoms with Crippen LogP contribution in [0.15, 0.2) is 0 Å². The molecule has 1 rings (SSSR count). The molecule has 4 amide bonds. The van der Waals surface area contributed by atoms with E-state index < -0.39 is 29.6 Å². The lowest BCUT2D eigenvalue weighted by atomic mass is 10.2. The summed E-state index contributed by atoms with van der Waals surface area (Å²) in [6, 6.07) is 0. The predicted octanol–water partition coefficient (Wildman–Crippen LogP) is 1.86. The van der Waals surface area contributed by atoms with Crippen LogP contribution in [0, 0.1) is 0 Å². The van der Waals surface area contributed by atoms with Crippen molar-refractivity contribution in [3.8, 4) is 0 Å². The number of imide groups is 1. The summed E-state index contributed by atoms with van der Waals surface area (Å²) in [5.41, 5.74) is -0.505. The number of nitrogens with one attached hydrogen (secondary N) is 2. The summed E-state index contributed by atoms with van der Waals surface area (Å²) >= 11 is 0. The van der Waals surface area contributed by atoms with Crippen LogP contribution in [-0.2, 0) is 19.2 Å². The van der Waals surface area contributed by atoms with Crippen LogP contribution in [0.5, 0.6) is 0 Å². The van der Waals surface area contributed by atoms with Gasteiger partial charge in [-0.15, -0.1) is 5.06 Å². The van der Waals surface area contributed by atoms with E-state index >= 15 is 0 Å². The molecule has 1 heterocycles. The van der Waals surface area contributed by atoms with Crippen molar-refractivity contribution in [2.75, 3.05) is 13.1 Å². The molecule has 1 aliphatic rings. The Morgan fingerprint density at radius 2 is 1.40 bits per heavy atom. The fraction of sp³-hybridized carbons (Fsp3) is 0.750. The van der Waals surface area contributed by atoms with Gasteiger partial charge in [0, 0.05) is 25.9 Å². The second-order valence-electron chi connectivity index (χ2n) is 6.73. The van der Waals surface area contributed by atoms with Crippen LogP contribution in [0.1, 0.15) is 59.3 Å². The van der Waals surface area contributed by atoms with E-state index in [1.165, 1.54) is 0 Å². The van der Waals surface area contributed by atoms with Gasteiger partial charge in [0.2, 0.25) is 0 Å². The number of hydrogen-bond acceptors (Lipinski definition) is 6. The summed E-state index contributed by atoms with van der Waals surface area (Å²) in [4.78, 5) is 50.1. The Morgan fingerprint density at radius 3 is 1.88 bits per heavy atom. The minimum atomic E-state index is -0.810. The monoisotopic (exact) mass is 357 g/mol. The highest BCUT2D eigenvalue weighted by atomic mass is 16.7. The molecule has 0 saturated carbocycles. The van der Waals surface area contributed by atoms with E-state index in [-0.39, 0.29) is 12.8 Å². The maximum absolute atomic E-state index is 11.5. The van der Waals surface area contributed by atoms with Gasteiger partial charge in [-0.2, -0.15) is 0 Å². The molecule has 1 fully saturated rings. The molecule has 0 radical (unpaired) electrons. The number of hydrogen-bond donors (Lipinski definition) is 2. The van der Waals surface area contributed by atoms with E-state index in [4.69, 9.17) is 4.74 Å². The molecule has 25 heavy (non-hydrogen) atoms. The standard InChI is InChI=1S/C16H27N3O6/c1-16(2,3)24-14(22)17-10-6-4-5-7-11-18-15(23)25-19-12(20)8-9-13(19)21/h4-11H2,1-3H3,(H,17,22)(H,18,23). The van der Waals surface area contributed by atoms with E-state index in [0.717, 1.165) is 25.7 Å². The largest absolute Gasteiger partial charge is 0.444 e. The molecule has 9 nitrogen and oxygen atoms in total. The van der Waals surface area contributed by atoms with Gasteiger partial charge in [0.25, 0.3) is 11.8 Å². The molecule has 0 aliphatic carbocycles. The lowest BCUT2D eigenvalue weighted by Gasteiger charge is -2.19. The third kappa shape index (κ3) is 8.92. The first-order valence-corrected chi connectivity index (χ1v) is 8.47. The van der Waals surface area contributed by atoms with Gasteiger partial charge in [0.1, 0.15) is 5.60 Å². The SMILES string of the molecule is CC(C)(C)OC(=O)NCCCCCCNC(=O)ON1C(=O)CCC1=O. The number of hydroxylamine groups is 2. The summed E-state index contributed by atoms with van der Waals surface area (Å²) in [6.07, 6.45) is 2.18. The maximum atomic E-state index is 11.5. The number of nitrogens with zero attached hydrogens (tertiary/aromatic N) is 1. The maximum Gasteiger partial charge on any atom is 0.432 e. The zero-order chi connectivity index (χ0) is 18.9. The van der Waals surface area contributed by atoms with E-state index in [0.29, 0.717) is 18.2 Å². The number of rotatable bonds is 8. The number of carbonyl (C=O) groups excluding carboxylic acids is 4. The minimum Gasteiger partial charge on any atom is -0.444 e. The molecular weight excluding hydrogens is 330 g/mol. The third-order valence-electron chi connectivity index (χ3n) is 3.22. The van der Waals surface area contributed by atoms with Crippen LogP contribution in [0.2, 0.25) is 0 Å². The van der Waals surface area contributed by atoms with E-state index in [2.05, 4.69) is 15.5 Å². The van der Waals surface area contributed by atoms with E-state index in [9.17, 15) is 19.2 Å². The molecular formula is C16H27N3O6. The normalized spacial score (nSPS) is 14.4. The zero-order valence-corrected chi connectivity index (χ0v) is 15.1. The van der Waals surface area contributed by atoms with Crippen LogP contribution in [-0.4, -0.2) is 47.8 Å². The highest BCUT2D eigenvalue weighted by Crippen LogP contribution is 2.12. The lowest BCUT2D eigenvalue weighted by Crippen LogP contribution is -2.37. The van der Waals surface area contributed by atoms with Gasteiger partial charge in [-0.05, 0) is 33.6 Å². The van der Waals surface area contributed by atoms with Crippen molar-refractivity contribution in [1.29, 1.82) is 0 Å². The van der Waals surface area contributed by atoms with E-state index in [1.807, 2.05) is 0 Å².